The van der Waals surface area contributed by atoms with Crippen molar-refractivity contribution >= 4 is 40.6 Å². The lowest BCUT2D eigenvalue weighted by Gasteiger charge is -2.31. The molecule has 0 saturated heterocycles. The van der Waals surface area contributed by atoms with Crippen LogP contribution in [0.3, 0.4) is 0 Å². The normalized spacial score (nSPS) is 15.7. The summed E-state index contributed by atoms with van der Waals surface area (Å²) in [5.41, 5.74) is 0.395. The van der Waals surface area contributed by atoms with E-state index in [1.165, 1.54) is 89.0 Å². The number of para-hydroxylation sites is 1. The van der Waals surface area contributed by atoms with Gasteiger partial charge in [-0.05, 0) is 56.7 Å². The molecule has 3 rings (SSSR count). The highest BCUT2D eigenvalue weighted by Gasteiger charge is 2.54. The van der Waals surface area contributed by atoms with E-state index in [1.54, 1.807) is 12.1 Å². The fourth-order valence-corrected chi connectivity index (χ4v) is 6.28. The highest BCUT2D eigenvalue weighted by molar-refractivity contribution is 6.27. The molecule has 1 aliphatic rings. The average molecular weight is 661 g/mol. The standard InChI is InChI=1S/C39H60N6O3/c1-5-8-9-10-11-12-13-14-15-16-17-18-19-20-24-27-36(47)40-37-39(41-32(4)46,38(48)45(43-37)35-25-22-21-23-26-35)42-33-28-30-34(31-29-33)44(6-2)7-3/h21-23,25-26,28-31,42H,5-20,24,27H2,1-4H3,(H,41,46)(H,40,43,47). The molecule has 264 valence electrons. The quantitative estimate of drug-likeness (QED) is 0.0819. The lowest BCUT2D eigenvalue weighted by molar-refractivity contribution is -0.127. The Morgan fingerprint density at radius 3 is 1.75 bits per heavy atom. The van der Waals surface area contributed by atoms with Crippen molar-refractivity contribution in [1.82, 2.24) is 10.6 Å². The van der Waals surface area contributed by atoms with Gasteiger partial charge < -0.3 is 20.9 Å². The summed E-state index contributed by atoms with van der Waals surface area (Å²) >= 11 is 0. The molecule has 0 spiro atoms. The molecule has 1 unspecified atom stereocenters. The predicted molar refractivity (Wildman–Crippen MR) is 199 cm³/mol. The summed E-state index contributed by atoms with van der Waals surface area (Å²) in [6.07, 6.45) is 19.1. The van der Waals surface area contributed by atoms with Gasteiger partial charge in [-0.15, -0.1) is 5.10 Å². The first-order valence-corrected chi connectivity index (χ1v) is 18.5. The van der Waals surface area contributed by atoms with Crippen LogP contribution in [0.4, 0.5) is 17.1 Å². The summed E-state index contributed by atoms with van der Waals surface area (Å²) in [7, 11) is 0. The number of rotatable bonds is 23. The van der Waals surface area contributed by atoms with Crippen molar-refractivity contribution in [3.63, 3.8) is 0 Å². The minimum Gasteiger partial charge on any atom is -0.372 e. The van der Waals surface area contributed by atoms with Crippen LogP contribution in [-0.4, -0.2) is 42.3 Å². The Bertz CT molecular complexity index is 1280. The van der Waals surface area contributed by atoms with Gasteiger partial charge in [0, 0.05) is 37.8 Å². The number of hydrazone groups is 1. The van der Waals surface area contributed by atoms with Gasteiger partial charge in [0.25, 0.3) is 5.66 Å². The number of hydrogen-bond donors (Lipinski definition) is 3. The highest BCUT2D eigenvalue weighted by atomic mass is 16.2. The van der Waals surface area contributed by atoms with Gasteiger partial charge in [-0.3, -0.25) is 14.4 Å². The summed E-state index contributed by atoms with van der Waals surface area (Å²) < 4.78 is 0. The van der Waals surface area contributed by atoms with Crippen LogP contribution in [-0.2, 0) is 14.4 Å². The number of amidine groups is 1. The SMILES string of the molecule is CCCCCCCCCCCCCCCCCC(=O)NC1=NN(c2ccccc2)C(=O)C1(NC(C)=O)Nc1ccc(N(CC)CC)cc1. The molecule has 9 heteroatoms. The smallest absolute Gasteiger partial charge is 0.302 e. The zero-order valence-electron chi connectivity index (χ0n) is 30.0. The largest absolute Gasteiger partial charge is 0.372 e. The highest BCUT2D eigenvalue weighted by Crippen LogP contribution is 2.29. The molecule has 0 aromatic heterocycles. The zero-order chi connectivity index (χ0) is 34.6. The molecule has 0 bridgehead atoms. The molecule has 0 aliphatic carbocycles. The van der Waals surface area contributed by atoms with E-state index in [-0.39, 0.29) is 11.7 Å². The van der Waals surface area contributed by atoms with Crippen molar-refractivity contribution in [3.05, 3.63) is 54.6 Å². The number of carbonyl (C=O) groups is 3. The molecule has 3 amide bonds. The number of hydrogen-bond acceptors (Lipinski definition) is 6. The summed E-state index contributed by atoms with van der Waals surface area (Å²) in [5.74, 6) is -1.14. The number of nitrogens with one attached hydrogen (secondary N) is 3. The molecule has 0 fully saturated rings. The molecule has 2 aromatic carbocycles. The maximum absolute atomic E-state index is 14.1. The van der Waals surface area contributed by atoms with Gasteiger partial charge in [0.15, 0.2) is 5.84 Å². The Morgan fingerprint density at radius 1 is 0.729 bits per heavy atom. The van der Waals surface area contributed by atoms with Crippen LogP contribution in [0.5, 0.6) is 0 Å². The molecule has 9 nitrogen and oxygen atoms in total. The maximum Gasteiger partial charge on any atom is 0.302 e. The Labute approximate surface area is 289 Å². The van der Waals surface area contributed by atoms with Gasteiger partial charge in [0.1, 0.15) is 0 Å². The fourth-order valence-electron chi connectivity index (χ4n) is 6.28. The average Bonchev–Trinajstić information content (AvgIpc) is 3.33. The van der Waals surface area contributed by atoms with E-state index in [4.69, 9.17) is 0 Å². The van der Waals surface area contributed by atoms with Crippen molar-refractivity contribution < 1.29 is 14.4 Å². The number of amides is 3. The molecule has 1 aliphatic heterocycles. The Hall–Kier alpha value is -3.88. The van der Waals surface area contributed by atoms with Crippen LogP contribution in [0.25, 0.3) is 0 Å². The first-order valence-electron chi connectivity index (χ1n) is 18.5. The van der Waals surface area contributed by atoms with E-state index >= 15 is 0 Å². The van der Waals surface area contributed by atoms with Gasteiger partial charge in [-0.2, -0.15) is 5.01 Å². The first kappa shape index (κ1) is 38.6. The lowest BCUT2D eigenvalue weighted by atomic mass is 10.0. The van der Waals surface area contributed by atoms with E-state index in [0.29, 0.717) is 17.8 Å². The maximum atomic E-state index is 14.1. The minimum atomic E-state index is -1.79. The zero-order valence-corrected chi connectivity index (χ0v) is 30.0. The van der Waals surface area contributed by atoms with E-state index in [0.717, 1.165) is 38.0 Å². The Kier molecular flexibility index (Phi) is 17.0. The topological polar surface area (TPSA) is 106 Å². The van der Waals surface area contributed by atoms with Crippen LogP contribution in [0.2, 0.25) is 0 Å². The summed E-state index contributed by atoms with van der Waals surface area (Å²) in [5, 5.41) is 14.7. The van der Waals surface area contributed by atoms with Crippen LogP contribution in [0.15, 0.2) is 59.7 Å². The van der Waals surface area contributed by atoms with E-state index < -0.39 is 17.5 Å². The van der Waals surface area contributed by atoms with Crippen LogP contribution < -0.4 is 25.9 Å². The van der Waals surface area contributed by atoms with Crippen molar-refractivity contribution in [2.75, 3.05) is 28.3 Å². The van der Waals surface area contributed by atoms with Crippen LogP contribution in [0.1, 0.15) is 130 Å². The third-order valence-corrected chi connectivity index (χ3v) is 9.03. The van der Waals surface area contributed by atoms with Crippen molar-refractivity contribution in [3.8, 4) is 0 Å². The van der Waals surface area contributed by atoms with Crippen molar-refractivity contribution in [1.29, 1.82) is 0 Å². The van der Waals surface area contributed by atoms with Gasteiger partial charge in [-0.1, -0.05) is 115 Å². The second-order valence-electron chi connectivity index (χ2n) is 12.9. The van der Waals surface area contributed by atoms with Gasteiger partial charge in [-0.25, -0.2) is 0 Å². The molecular weight excluding hydrogens is 600 g/mol. The van der Waals surface area contributed by atoms with Crippen molar-refractivity contribution in [2.24, 2.45) is 5.10 Å². The number of benzene rings is 2. The summed E-state index contributed by atoms with van der Waals surface area (Å²) in [4.78, 5) is 42.1. The molecule has 48 heavy (non-hydrogen) atoms. The molecule has 3 N–H and O–H groups in total. The van der Waals surface area contributed by atoms with Crippen molar-refractivity contribution in [2.45, 2.75) is 136 Å². The molecule has 1 atom stereocenters. The van der Waals surface area contributed by atoms with Gasteiger partial charge >= 0.3 is 5.91 Å². The van der Waals surface area contributed by atoms with Crippen LogP contribution >= 0.6 is 0 Å². The van der Waals surface area contributed by atoms with E-state index in [2.05, 4.69) is 46.7 Å². The monoisotopic (exact) mass is 660 g/mol. The summed E-state index contributed by atoms with van der Waals surface area (Å²) in [6.45, 7) is 9.54. The first-order chi connectivity index (χ1) is 23.3. The number of nitrogens with zero attached hydrogens (tertiary/aromatic N) is 3. The third-order valence-electron chi connectivity index (χ3n) is 9.03. The number of anilines is 3. The second-order valence-corrected chi connectivity index (χ2v) is 12.9. The fraction of sp³-hybridized carbons (Fsp3) is 0.590. The predicted octanol–water partition coefficient (Wildman–Crippen LogP) is 8.52. The third kappa shape index (κ3) is 12.0. The van der Waals surface area contributed by atoms with E-state index in [1.807, 2.05) is 42.5 Å². The lowest BCUT2D eigenvalue weighted by Crippen LogP contribution is -2.67. The van der Waals surface area contributed by atoms with Gasteiger partial charge in [0.2, 0.25) is 11.8 Å². The second kappa shape index (κ2) is 21.2. The molecule has 0 saturated carbocycles. The van der Waals surface area contributed by atoms with Gasteiger partial charge in [0.05, 0.1) is 5.69 Å². The molecule has 1 heterocycles. The molecule has 2 aromatic rings. The Balaban J connectivity index is 1.56. The molecule has 0 radical (unpaired) electrons. The molecular formula is C39H60N6O3. The number of unbranched alkanes of at least 4 members (excludes halogenated alkanes) is 14. The van der Waals surface area contributed by atoms with Crippen LogP contribution in [0, 0.1) is 0 Å². The summed E-state index contributed by atoms with van der Waals surface area (Å²) in [6, 6.07) is 16.7. The Morgan fingerprint density at radius 2 is 1.25 bits per heavy atom. The minimum absolute atomic E-state index is 0.0466. The van der Waals surface area contributed by atoms with E-state index in [9.17, 15) is 14.4 Å². The number of carbonyl (C=O) groups excluding carboxylic acids is 3.